The Morgan fingerprint density at radius 1 is 1.25 bits per heavy atom. The molecule has 1 aliphatic carbocycles. The van der Waals surface area contributed by atoms with Crippen molar-refractivity contribution in [3.63, 3.8) is 0 Å². The molecule has 1 aromatic carbocycles. The van der Waals surface area contributed by atoms with Crippen molar-refractivity contribution in [1.29, 1.82) is 0 Å². The van der Waals surface area contributed by atoms with Crippen molar-refractivity contribution in [2.45, 2.75) is 25.8 Å². The second-order valence-corrected chi connectivity index (χ2v) is 6.20. The molecule has 0 unspecified atom stereocenters. The van der Waals surface area contributed by atoms with Gasteiger partial charge >= 0.3 is 0 Å². The molecule has 4 heteroatoms. The summed E-state index contributed by atoms with van der Waals surface area (Å²) in [6.07, 6.45) is 2.78. The lowest BCUT2D eigenvalue weighted by Crippen LogP contribution is -2.47. The van der Waals surface area contributed by atoms with Crippen LogP contribution in [-0.2, 0) is 0 Å². The first kappa shape index (κ1) is 13.8. The summed E-state index contributed by atoms with van der Waals surface area (Å²) in [5.41, 5.74) is 7.62. The van der Waals surface area contributed by atoms with E-state index in [1.54, 1.807) is 6.07 Å². The van der Waals surface area contributed by atoms with Crippen molar-refractivity contribution >= 4 is 5.69 Å². The van der Waals surface area contributed by atoms with Gasteiger partial charge in [0.25, 0.3) is 0 Å². The molecular weight excluding hydrogens is 253 g/mol. The predicted octanol–water partition coefficient (Wildman–Crippen LogP) is 2.38. The molecular formula is C16H24FN3. The van der Waals surface area contributed by atoms with Gasteiger partial charge in [-0.25, -0.2) is 4.39 Å². The summed E-state index contributed by atoms with van der Waals surface area (Å²) in [4.78, 5) is 4.68. The molecule has 0 radical (unpaired) electrons. The minimum absolute atomic E-state index is 0.134. The highest BCUT2D eigenvalue weighted by atomic mass is 19.1. The molecule has 2 fully saturated rings. The first-order chi connectivity index (χ1) is 9.65. The van der Waals surface area contributed by atoms with Crippen molar-refractivity contribution < 1.29 is 4.39 Å². The summed E-state index contributed by atoms with van der Waals surface area (Å²) in [6, 6.07) is 5.10. The van der Waals surface area contributed by atoms with Crippen LogP contribution in [0.15, 0.2) is 18.2 Å². The molecule has 1 aliphatic heterocycles. The van der Waals surface area contributed by atoms with Crippen LogP contribution in [0.5, 0.6) is 0 Å². The third kappa shape index (κ3) is 2.96. The number of halogens is 1. The monoisotopic (exact) mass is 277 g/mol. The lowest BCUT2D eigenvalue weighted by atomic mass is 10.0. The second-order valence-electron chi connectivity index (χ2n) is 6.20. The first-order valence-electron chi connectivity index (χ1n) is 7.66. The molecule has 1 saturated carbocycles. The average molecular weight is 277 g/mol. The summed E-state index contributed by atoms with van der Waals surface area (Å²) in [6.45, 7) is 7.00. The number of para-hydroxylation sites is 1. The number of piperazine rings is 1. The molecule has 1 saturated heterocycles. The molecule has 0 spiro atoms. The normalized spacial score (nSPS) is 22.1. The average Bonchev–Trinajstić information content (AvgIpc) is 3.23. The van der Waals surface area contributed by atoms with E-state index in [9.17, 15) is 4.39 Å². The van der Waals surface area contributed by atoms with Crippen LogP contribution in [-0.4, -0.2) is 37.6 Å². The zero-order chi connectivity index (χ0) is 14.1. The number of rotatable bonds is 4. The predicted molar refractivity (Wildman–Crippen MR) is 80.4 cm³/mol. The first-order valence-corrected chi connectivity index (χ1v) is 7.66. The van der Waals surface area contributed by atoms with Gasteiger partial charge in [-0.05, 0) is 37.3 Å². The number of hydrogen-bond donors (Lipinski definition) is 1. The zero-order valence-electron chi connectivity index (χ0n) is 12.2. The van der Waals surface area contributed by atoms with Crippen molar-refractivity contribution in [1.82, 2.24) is 4.90 Å². The number of nitrogens with two attached hydrogens (primary N) is 1. The molecule has 3 rings (SSSR count). The van der Waals surface area contributed by atoms with Crippen LogP contribution in [0.3, 0.4) is 0 Å². The molecule has 0 bridgehead atoms. The van der Waals surface area contributed by atoms with Crippen molar-refractivity contribution in [2.24, 2.45) is 11.7 Å². The van der Waals surface area contributed by atoms with E-state index in [4.69, 9.17) is 5.73 Å². The highest BCUT2D eigenvalue weighted by Gasteiger charge is 2.27. The van der Waals surface area contributed by atoms with Crippen molar-refractivity contribution in [2.75, 3.05) is 37.6 Å². The second kappa shape index (κ2) is 5.70. The molecule has 3 nitrogen and oxygen atoms in total. The molecule has 2 N–H and O–H groups in total. The third-order valence-corrected chi connectivity index (χ3v) is 4.41. The highest BCUT2D eigenvalue weighted by molar-refractivity contribution is 5.56. The fourth-order valence-electron chi connectivity index (χ4n) is 3.05. The van der Waals surface area contributed by atoms with Crippen LogP contribution in [0.2, 0.25) is 0 Å². The van der Waals surface area contributed by atoms with Crippen LogP contribution >= 0.6 is 0 Å². The van der Waals surface area contributed by atoms with E-state index in [0.29, 0.717) is 5.69 Å². The maximum Gasteiger partial charge on any atom is 0.146 e. The Morgan fingerprint density at radius 2 is 1.95 bits per heavy atom. The lowest BCUT2D eigenvalue weighted by molar-refractivity contribution is 0.247. The molecule has 20 heavy (non-hydrogen) atoms. The highest BCUT2D eigenvalue weighted by Crippen LogP contribution is 2.32. The fourth-order valence-corrected chi connectivity index (χ4v) is 3.05. The maximum absolute atomic E-state index is 14.2. The fraction of sp³-hybridized carbons (Fsp3) is 0.625. The Bertz CT molecular complexity index is 463. The van der Waals surface area contributed by atoms with E-state index in [1.807, 2.05) is 13.0 Å². The zero-order valence-corrected chi connectivity index (χ0v) is 12.2. The van der Waals surface area contributed by atoms with E-state index < -0.39 is 0 Å². The minimum Gasteiger partial charge on any atom is -0.366 e. The van der Waals surface area contributed by atoms with E-state index in [-0.39, 0.29) is 11.9 Å². The molecule has 1 atom stereocenters. The van der Waals surface area contributed by atoms with Crippen LogP contribution < -0.4 is 10.6 Å². The molecule has 1 aromatic rings. The quantitative estimate of drug-likeness (QED) is 0.917. The third-order valence-electron chi connectivity index (χ3n) is 4.41. The van der Waals surface area contributed by atoms with Gasteiger partial charge < -0.3 is 10.6 Å². The van der Waals surface area contributed by atoms with Gasteiger partial charge in [0.2, 0.25) is 0 Å². The Kier molecular flexibility index (Phi) is 3.94. The van der Waals surface area contributed by atoms with E-state index in [0.717, 1.165) is 37.7 Å². The van der Waals surface area contributed by atoms with Gasteiger partial charge in [-0.3, -0.25) is 4.90 Å². The van der Waals surface area contributed by atoms with Gasteiger partial charge in [0.05, 0.1) is 5.69 Å². The summed E-state index contributed by atoms with van der Waals surface area (Å²) in [5.74, 6) is 0.782. The molecule has 0 amide bonds. The Morgan fingerprint density at radius 3 is 2.55 bits per heavy atom. The summed E-state index contributed by atoms with van der Waals surface area (Å²) >= 11 is 0. The SMILES string of the molecule is C[C@H](N)c1cccc(F)c1N1CCN(CC2CC2)CC1. The van der Waals surface area contributed by atoms with Crippen LogP contribution in [0.1, 0.15) is 31.4 Å². The number of anilines is 1. The van der Waals surface area contributed by atoms with Gasteiger partial charge in [-0.1, -0.05) is 12.1 Å². The number of nitrogens with zero attached hydrogens (tertiary/aromatic N) is 2. The van der Waals surface area contributed by atoms with Crippen LogP contribution in [0, 0.1) is 11.7 Å². The van der Waals surface area contributed by atoms with Crippen LogP contribution in [0.25, 0.3) is 0 Å². The summed E-state index contributed by atoms with van der Waals surface area (Å²) in [5, 5.41) is 0. The van der Waals surface area contributed by atoms with Gasteiger partial charge in [0.1, 0.15) is 5.82 Å². The van der Waals surface area contributed by atoms with Gasteiger partial charge in [0.15, 0.2) is 0 Å². The Hall–Kier alpha value is -1.13. The Balaban J connectivity index is 1.70. The number of benzene rings is 1. The smallest absolute Gasteiger partial charge is 0.146 e. The summed E-state index contributed by atoms with van der Waals surface area (Å²) < 4.78 is 14.2. The van der Waals surface area contributed by atoms with Gasteiger partial charge in [-0.2, -0.15) is 0 Å². The minimum atomic E-state index is -0.143. The molecule has 1 heterocycles. The Labute approximate surface area is 120 Å². The van der Waals surface area contributed by atoms with Crippen LogP contribution in [0.4, 0.5) is 10.1 Å². The molecule has 110 valence electrons. The van der Waals surface area contributed by atoms with Crippen molar-refractivity contribution in [3.8, 4) is 0 Å². The summed E-state index contributed by atoms with van der Waals surface area (Å²) in [7, 11) is 0. The number of hydrogen-bond acceptors (Lipinski definition) is 3. The largest absolute Gasteiger partial charge is 0.366 e. The standard InChI is InChI=1S/C16H24FN3/c1-12(18)14-3-2-4-15(17)16(14)20-9-7-19(8-10-20)11-13-5-6-13/h2-4,12-13H,5-11,18H2,1H3/t12-/m0/s1. The van der Waals surface area contributed by atoms with Gasteiger partial charge in [-0.15, -0.1) is 0 Å². The lowest BCUT2D eigenvalue weighted by Gasteiger charge is -2.37. The van der Waals surface area contributed by atoms with E-state index >= 15 is 0 Å². The van der Waals surface area contributed by atoms with E-state index in [2.05, 4.69) is 9.80 Å². The molecule has 2 aliphatic rings. The van der Waals surface area contributed by atoms with Gasteiger partial charge in [0, 0.05) is 38.8 Å². The maximum atomic E-state index is 14.2. The van der Waals surface area contributed by atoms with E-state index in [1.165, 1.54) is 25.5 Å². The topological polar surface area (TPSA) is 32.5 Å². The molecule has 0 aromatic heterocycles. The van der Waals surface area contributed by atoms with Crippen molar-refractivity contribution in [3.05, 3.63) is 29.6 Å².